The highest BCUT2D eigenvalue weighted by molar-refractivity contribution is 7.12. The van der Waals surface area contributed by atoms with Crippen molar-refractivity contribution in [3.63, 3.8) is 0 Å². The van der Waals surface area contributed by atoms with E-state index in [9.17, 15) is 9.59 Å². The Morgan fingerprint density at radius 3 is 2.78 bits per heavy atom. The summed E-state index contributed by atoms with van der Waals surface area (Å²) < 4.78 is 5.25. The van der Waals surface area contributed by atoms with Crippen molar-refractivity contribution in [3.8, 4) is 0 Å². The van der Waals surface area contributed by atoms with Crippen LogP contribution < -0.4 is 10.9 Å². The zero-order valence-electron chi connectivity index (χ0n) is 13.0. The van der Waals surface area contributed by atoms with Crippen molar-refractivity contribution in [2.24, 2.45) is 0 Å². The van der Waals surface area contributed by atoms with E-state index < -0.39 is 5.63 Å². The minimum absolute atomic E-state index is 0.138. The van der Waals surface area contributed by atoms with E-state index in [2.05, 4.69) is 19.2 Å². The molecule has 0 saturated heterocycles. The second-order valence-electron chi connectivity index (χ2n) is 5.66. The topological polar surface area (TPSA) is 59.3 Å². The maximum absolute atomic E-state index is 12.1. The first kappa shape index (κ1) is 15.5. The Hall–Kier alpha value is -2.40. The molecule has 2 heterocycles. The zero-order chi connectivity index (χ0) is 16.4. The van der Waals surface area contributed by atoms with Gasteiger partial charge in [-0.25, -0.2) is 4.79 Å². The van der Waals surface area contributed by atoms with Gasteiger partial charge in [0.2, 0.25) is 0 Å². The summed E-state index contributed by atoms with van der Waals surface area (Å²) in [6.07, 6.45) is 0. The molecule has 23 heavy (non-hydrogen) atoms. The lowest BCUT2D eigenvalue weighted by molar-refractivity contribution is 0.0955. The highest BCUT2D eigenvalue weighted by Gasteiger charge is 2.11. The van der Waals surface area contributed by atoms with Crippen molar-refractivity contribution in [2.45, 2.75) is 26.3 Å². The number of benzene rings is 1. The lowest BCUT2D eigenvalue weighted by Crippen LogP contribution is -2.22. The first-order valence-corrected chi connectivity index (χ1v) is 8.31. The fourth-order valence-corrected chi connectivity index (χ4v) is 3.06. The van der Waals surface area contributed by atoms with E-state index in [1.165, 1.54) is 17.4 Å². The Bertz CT molecular complexity index is 894. The van der Waals surface area contributed by atoms with Gasteiger partial charge in [-0.1, -0.05) is 26.0 Å². The molecule has 3 rings (SSSR count). The Labute approximate surface area is 137 Å². The summed E-state index contributed by atoms with van der Waals surface area (Å²) in [5.41, 5.74) is 2.07. The summed E-state index contributed by atoms with van der Waals surface area (Å²) in [4.78, 5) is 24.4. The number of rotatable bonds is 4. The predicted molar refractivity (Wildman–Crippen MR) is 92.1 cm³/mol. The smallest absolute Gasteiger partial charge is 0.336 e. The van der Waals surface area contributed by atoms with Crippen LogP contribution in [0.1, 0.15) is 40.6 Å². The third-order valence-electron chi connectivity index (χ3n) is 3.70. The molecule has 0 unspecified atom stereocenters. The molecule has 1 aromatic carbocycles. The van der Waals surface area contributed by atoms with Crippen LogP contribution in [0.4, 0.5) is 0 Å². The van der Waals surface area contributed by atoms with Crippen LogP contribution in [0.2, 0.25) is 0 Å². The van der Waals surface area contributed by atoms with Gasteiger partial charge in [0.1, 0.15) is 5.58 Å². The molecule has 5 heteroatoms. The molecule has 0 aliphatic carbocycles. The zero-order valence-corrected chi connectivity index (χ0v) is 13.8. The Kier molecular flexibility index (Phi) is 4.30. The van der Waals surface area contributed by atoms with Crippen LogP contribution in [0.3, 0.4) is 0 Å². The van der Waals surface area contributed by atoms with E-state index >= 15 is 0 Å². The standard InChI is InChI=1S/C18H17NO3S/c1-11(2)12-5-6-15-14(8-12)13(9-17(20)22-15)10-19-18(21)16-4-3-7-23-16/h3-9,11H,10H2,1-2H3,(H,19,21). The van der Waals surface area contributed by atoms with Crippen molar-refractivity contribution in [3.05, 3.63) is 68.2 Å². The predicted octanol–water partition coefficient (Wildman–Crippen LogP) is 3.91. The number of fused-ring (bicyclic) bond motifs is 1. The van der Waals surface area contributed by atoms with Gasteiger partial charge in [-0.05, 0) is 40.6 Å². The number of thiophene rings is 1. The molecule has 0 spiro atoms. The monoisotopic (exact) mass is 327 g/mol. The van der Waals surface area contributed by atoms with E-state index in [1.807, 2.05) is 29.6 Å². The molecule has 0 radical (unpaired) electrons. The Morgan fingerprint density at radius 2 is 2.09 bits per heavy atom. The molecule has 0 bridgehead atoms. The second-order valence-corrected chi connectivity index (χ2v) is 6.61. The van der Waals surface area contributed by atoms with Crippen molar-refractivity contribution in [1.29, 1.82) is 0 Å². The number of amides is 1. The van der Waals surface area contributed by atoms with Gasteiger partial charge in [0.05, 0.1) is 4.88 Å². The largest absolute Gasteiger partial charge is 0.423 e. The van der Waals surface area contributed by atoms with E-state index in [0.29, 0.717) is 22.9 Å². The van der Waals surface area contributed by atoms with Crippen molar-refractivity contribution in [2.75, 3.05) is 0 Å². The van der Waals surface area contributed by atoms with E-state index in [-0.39, 0.29) is 5.91 Å². The molecule has 1 amide bonds. The van der Waals surface area contributed by atoms with Crippen molar-refractivity contribution >= 4 is 28.2 Å². The van der Waals surface area contributed by atoms with Gasteiger partial charge < -0.3 is 9.73 Å². The van der Waals surface area contributed by atoms with Crippen LogP contribution in [0, 0.1) is 0 Å². The van der Waals surface area contributed by atoms with Crippen molar-refractivity contribution in [1.82, 2.24) is 5.32 Å². The SMILES string of the molecule is CC(C)c1ccc2oc(=O)cc(CNC(=O)c3cccs3)c2c1. The number of hydrogen-bond donors (Lipinski definition) is 1. The summed E-state index contributed by atoms with van der Waals surface area (Å²) in [5.74, 6) is 0.237. The lowest BCUT2D eigenvalue weighted by Gasteiger charge is -2.10. The van der Waals surface area contributed by atoms with Gasteiger partial charge in [0.25, 0.3) is 5.91 Å². The maximum atomic E-state index is 12.1. The molecule has 2 aromatic heterocycles. The highest BCUT2D eigenvalue weighted by Crippen LogP contribution is 2.23. The van der Waals surface area contributed by atoms with E-state index in [4.69, 9.17) is 4.42 Å². The molecule has 118 valence electrons. The summed E-state index contributed by atoms with van der Waals surface area (Å²) in [6, 6.07) is 10.9. The third-order valence-corrected chi connectivity index (χ3v) is 4.57. The number of carbonyl (C=O) groups excluding carboxylic acids is 1. The fourth-order valence-electron chi connectivity index (χ4n) is 2.42. The molecule has 1 N–H and O–H groups in total. The first-order valence-electron chi connectivity index (χ1n) is 7.43. The molecule has 3 aromatic rings. The lowest BCUT2D eigenvalue weighted by atomic mass is 9.99. The van der Waals surface area contributed by atoms with Crippen LogP contribution >= 0.6 is 11.3 Å². The molecule has 0 atom stereocenters. The van der Waals surface area contributed by atoms with Gasteiger partial charge in [-0.3, -0.25) is 4.79 Å². The van der Waals surface area contributed by atoms with Gasteiger partial charge in [0, 0.05) is 18.0 Å². The normalized spacial score (nSPS) is 11.1. The summed E-state index contributed by atoms with van der Waals surface area (Å²) in [5, 5.41) is 5.58. The molecule has 0 aliphatic heterocycles. The van der Waals surface area contributed by atoms with Gasteiger partial charge in [-0.2, -0.15) is 0 Å². The quantitative estimate of drug-likeness (QED) is 0.739. The number of carbonyl (C=O) groups is 1. The molecular weight excluding hydrogens is 310 g/mol. The first-order chi connectivity index (χ1) is 11.0. The van der Waals surface area contributed by atoms with Crippen LogP contribution in [0.5, 0.6) is 0 Å². The number of nitrogens with one attached hydrogen (secondary N) is 1. The van der Waals surface area contributed by atoms with Gasteiger partial charge in [-0.15, -0.1) is 11.3 Å². The molecule has 4 nitrogen and oxygen atoms in total. The average molecular weight is 327 g/mol. The molecule has 0 saturated carbocycles. The Morgan fingerprint density at radius 1 is 1.26 bits per heavy atom. The fraction of sp³-hybridized carbons (Fsp3) is 0.222. The minimum Gasteiger partial charge on any atom is -0.423 e. The highest BCUT2D eigenvalue weighted by atomic mass is 32.1. The average Bonchev–Trinajstić information content (AvgIpc) is 3.06. The summed E-state index contributed by atoms with van der Waals surface area (Å²) in [7, 11) is 0. The van der Waals surface area contributed by atoms with Gasteiger partial charge in [0.15, 0.2) is 0 Å². The van der Waals surface area contributed by atoms with Gasteiger partial charge >= 0.3 is 5.63 Å². The van der Waals surface area contributed by atoms with E-state index in [0.717, 1.165) is 16.5 Å². The van der Waals surface area contributed by atoms with E-state index in [1.54, 1.807) is 6.07 Å². The summed E-state index contributed by atoms with van der Waals surface area (Å²) in [6.45, 7) is 4.51. The van der Waals surface area contributed by atoms with Crippen LogP contribution in [0.15, 0.2) is 51.0 Å². The van der Waals surface area contributed by atoms with Crippen LogP contribution in [-0.2, 0) is 6.54 Å². The summed E-state index contributed by atoms with van der Waals surface area (Å²) >= 11 is 1.39. The minimum atomic E-state index is -0.407. The molecule has 0 fully saturated rings. The van der Waals surface area contributed by atoms with Crippen LogP contribution in [-0.4, -0.2) is 5.91 Å². The maximum Gasteiger partial charge on any atom is 0.336 e. The second kappa shape index (κ2) is 6.38. The third kappa shape index (κ3) is 3.35. The van der Waals surface area contributed by atoms with Crippen molar-refractivity contribution < 1.29 is 9.21 Å². The number of hydrogen-bond acceptors (Lipinski definition) is 4. The molecular formula is C18H17NO3S. The Balaban J connectivity index is 1.94. The molecule has 0 aliphatic rings. The van der Waals surface area contributed by atoms with Crippen LogP contribution in [0.25, 0.3) is 11.0 Å².